The molecule has 0 heterocycles. The van der Waals surface area contributed by atoms with Crippen molar-refractivity contribution >= 4 is 17.8 Å². The Kier molecular flexibility index (Phi) is 9.27. The summed E-state index contributed by atoms with van der Waals surface area (Å²) in [7, 11) is 4.64. The molecule has 3 rings (SSSR count). The predicted octanol–water partition coefficient (Wildman–Crippen LogP) is 2.89. The summed E-state index contributed by atoms with van der Waals surface area (Å²) in [5, 5.41) is 5.35. The first kappa shape index (κ1) is 26.1. The minimum absolute atomic E-state index is 0.335. The van der Waals surface area contributed by atoms with E-state index in [9.17, 15) is 14.4 Å². The molecule has 0 spiro atoms. The number of benzene rings is 3. The summed E-state index contributed by atoms with van der Waals surface area (Å²) in [6.45, 7) is -0.889. The first-order valence-corrected chi connectivity index (χ1v) is 11.1. The van der Waals surface area contributed by atoms with Gasteiger partial charge in [-0.1, -0.05) is 30.3 Å². The van der Waals surface area contributed by atoms with Gasteiger partial charge in [-0.3, -0.25) is 14.4 Å². The molecule has 9 heteroatoms. The second-order valence-electron chi connectivity index (χ2n) is 7.62. The molecule has 2 N–H and O–H groups in total. The molecule has 0 bridgehead atoms. The van der Waals surface area contributed by atoms with Gasteiger partial charge in [0.05, 0.1) is 27.4 Å². The Morgan fingerprint density at radius 1 is 0.750 bits per heavy atom. The molecular weight excluding hydrogens is 464 g/mol. The van der Waals surface area contributed by atoms with Crippen molar-refractivity contribution in [2.45, 2.75) is 6.04 Å². The highest BCUT2D eigenvalue weighted by Crippen LogP contribution is 2.26. The summed E-state index contributed by atoms with van der Waals surface area (Å²) in [5.74, 6) is 0.178. The van der Waals surface area contributed by atoms with Crippen LogP contribution < -0.4 is 24.8 Å². The second-order valence-corrected chi connectivity index (χ2v) is 7.62. The number of hydrogen-bond donors (Lipinski definition) is 2. The maximum Gasteiger partial charge on any atom is 0.325 e. The van der Waals surface area contributed by atoms with Crippen LogP contribution >= 0.6 is 0 Å². The van der Waals surface area contributed by atoms with Crippen molar-refractivity contribution in [2.24, 2.45) is 0 Å². The van der Waals surface area contributed by atoms with E-state index in [1.54, 1.807) is 62.8 Å². The van der Waals surface area contributed by atoms with E-state index >= 15 is 0 Å². The van der Waals surface area contributed by atoms with E-state index in [4.69, 9.17) is 18.9 Å². The van der Waals surface area contributed by atoms with Gasteiger partial charge in [0.25, 0.3) is 11.8 Å². The van der Waals surface area contributed by atoms with Crippen LogP contribution in [0.5, 0.6) is 17.2 Å². The van der Waals surface area contributed by atoms with Gasteiger partial charge in [0, 0.05) is 5.56 Å². The summed E-state index contributed by atoms with van der Waals surface area (Å²) in [6.07, 6.45) is 0. The normalized spacial score (nSPS) is 10.3. The van der Waals surface area contributed by atoms with Crippen LogP contribution in [0.25, 0.3) is 0 Å². The van der Waals surface area contributed by atoms with Gasteiger partial charge in [-0.15, -0.1) is 0 Å². The van der Waals surface area contributed by atoms with Crippen molar-refractivity contribution in [3.05, 3.63) is 89.5 Å². The molecule has 0 aliphatic heterocycles. The van der Waals surface area contributed by atoms with Crippen LogP contribution in [0.3, 0.4) is 0 Å². The SMILES string of the molecule is COc1ccc(C(NC(=O)COC(=O)CNC(=O)c2cccc(OC)c2)c2ccc(OC)cc2)cc1. The molecule has 0 unspecified atom stereocenters. The number of amides is 2. The van der Waals surface area contributed by atoms with E-state index in [1.807, 2.05) is 24.3 Å². The molecule has 188 valence electrons. The molecule has 0 atom stereocenters. The van der Waals surface area contributed by atoms with Crippen LogP contribution in [0.15, 0.2) is 72.8 Å². The van der Waals surface area contributed by atoms with Gasteiger partial charge < -0.3 is 29.6 Å². The molecule has 0 saturated carbocycles. The number of carbonyl (C=O) groups is 3. The van der Waals surface area contributed by atoms with E-state index < -0.39 is 30.4 Å². The van der Waals surface area contributed by atoms with Crippen LogP contribution in [0.4, 0.5) is 0 Å². The quantitative estimate of drug-likeness (QED) is 0.396. The third-order valence-electron chi connectivity index (χ3n) is 5.29. The van der Waals surface area contributed by atoms with E-state index in [1.165, 1.54) is 7.11 Å². The van der Waals surface area contributed by atoms with Gasteiger partial charge in [0.15, 0.2) is 6.61 Å². The lowest BCUT2D eigenvalue weighted by atomic mass is 9.98. The topological polar surface area (TPSA) is 112 Å². The van der Waals surface area contributed by atoms with Gasteiger partial charge in [-0.2, -0.15) is 0 Å². The molecule has 3 aromatic carbocycles. The summed E-state index contributed by atoms with van der Waals surface area (Å²) in [4.78, 5) is 37.0. The number of rotatable bonds is 11. The molecule has 0 aliphatic rings. The Hall–Kier alpha value is -4.53. The summed E-state index contributed by atoms with van der Waals surface area (Å²) in [5.41, 5.74) is 1.96. The number of hydrogen-bond acceptors (Lipinski definition) is 7. The third-order valence-corrected chi connectivity index (χ3v) is 5.29. The number of esters is 1. The first-order chi connectivity index (χ1) is 17.4. The van der Waals surface area contributed by atoms with Crippen molar-refractivity contribution in [3.63, 3.8) is 0 Å². The van der Waals surface area contributed by atoms with E-state index in [0.717, 1.165) is 11.1 Å². The largest absolute Gasteiger partial charge is 0.497 e. The van der Waals surface area contributed by atoms with Gasteiger partial charge >= 0.3 is 5.97 Å². The van der Waals surface area contributed by atoms with Crippen LogP contribution in [-0.4, -0.2) is 52.3 Å². The first-order valence-electron chi connectivity index (χ1n) is 11.1. The minimum atomic E-state index is -0.744. The lowest BCUT2D eigenvalue weighted by Gasteiger charge is -2.20. The molecule has 2 amide bonds. The fraction of sp³-hybridized carbons (Fsp3) is 0.222. The highest BCUT2D eigenvalue weighted by Gasteiger charge is 2.19. The monoisotopic (exact) mass is 492 g/mol. The number of carbonyl (C=O) groups excluding carboxylic acids is 3. The fourth-order valence-corrected chi connectivity index (χ4v) is 3.37. The zero-order valence-electron chi connectivity index (χ0n) is 20.3. The van der Waals surface area contributed by atoms with Crippen molar-refractivity contribution in [1.29, 1.82) is 0 Å². The smallest absolute Gasteiger partial charge is 0.325 e. The third kappa shape index (κ3) is 7.23. The van der Waals surface area contributed by atoms with Gasteiger partial charge in [0.1, 0.15) is 23.8 Å². The van der Waals surface area contributed by atoms with Crippen LogP contribution in [0.1, 0.15) is 27.5 Å². The van der Waals surface area contributed by atoms with Gasteiger partial charge in [0.2, 0.25) is 0 Å². The fourth-order valence-electron chi connectivity index (χ4n) is 3.37. The maximum absolute atomic E-state index is 12.6. The summed E-state index contributed by atoms with van der Waals surface area (Å²) < 4.78 is 20.6. The second kappa shape index (κ2) is 12.8. The minimum Gasteiger partial charge on any atom is -0.497 e. The molecule has 0 radical (unpaired) electrons. The molecule has 0 aromatic heterocycles. The Morgan fingerprint density at radius 2 is 1.31 bits per heavy atom. The van der Waals surface area contributed by atoms with Crippen molar-refractivity contribution < 1.29 is 33.3 Å². The van der Waals surface area contributed by atoms with Gasteiger partial charge in [-0.25, -0.2) is 0 Å². The van der Waals surface area contributed by atoms with Crippen LogP contribution in [-0.2, 0) is 14.3 Å². The summed E-state index contributed by atoms with van der Waals surface area (Å²) in [6, 6.07) is 20.6. The average molecular weight is 493 g/mol. The Balaban J connectivity index is 1.58. The maximum atomic E-state index is 12.6. The van der Waals surface area contributed by atoms with Crippen LogP contribution in [0, 0.1) is 0 Å². The van der Waals surface area contributed by atoms with E-state index in [0.29, 0.717) is 22.8 Å². The van der Waals surface area contributed by atoms with E-state index in [-0.39, 0.29) is 6.54 Å². The van der Waals surface area contributed by atoms with Crippen molar-refractivity contribution in [2.75, 3.05) is 34.5 Å². The zero-order chi connectivity index (χ0) is 25.9. The van der Waals surface area contributed by atoms with Gasteiger partial charge in [-0.05, 0) is 53.6 Å². The lowest BCUT2D eigenvalue weighted by Crippen LogP contribution is -2.35. The highest BCUT2D eigenvalue weighted by molar-refractivity contribution is 5.96. The predicted molar refractivity (Wildman–Crippen MR) is 132 cm³/mol. The average Bonchev–Trinajstić information content (AvgIpc) is 2.93. The number of nitrogens with one attached hydrogen (secondary N) is 2. The number of methoxy groups -OCH3 is 3. The standard InChI is InChI=1S/C27H28N2O7/c1-33-21-11-7-18(8-12-21)26(19-9-13-22(34-2)14-10-19)29-24(30)17-36-25(31)16-28-27(32)20-5-4-6-23(15-20)35-3/h4-15,26H,16-17H2,1-3H3,(H,28,32)(H,29,30). The summed E-state index contributed by atoms with van der Waals surface area (Å²) >= 11 is 0. The molecule has 3 aromatic rings. The lowest BCUT2D eigenvalue weighted by molar-refractivity contribution is -0.147. The number of ether oxygens (including phenoxy) is 4. The van der Waals surface area contributed by atoms with E-state index in [2.05, 4.69) is 10.6 Å². The highest BCUT2D eigenvalue weighted by atomic mass is 16.5. The molecule has 36 heavy (non-hydrogen) atoms. The molecule has 0 aliphatic carbocycles. The van der Waals surface area contributed by atoms with Crippen LogP contribution in [0.2, 0.25) is 0 Å². The Labute approximate surface area is 209 Å². The van der Waals surface area contributed by atoms with Crippen molar-refractivity contribution in [3.8, 4) is 17.2 Å². The zero-order valence-corrected chi connectivity index (χ0v) is 20.3. The van der Waals surface area contributed by atoms with Crippen molar-refractivity contribution in [1.82, 2.24) is 10.6 Å². The molecule has 0 saturated heterocycles. The Bertz CT molecular complexity index is 1130. The Morgan fingerprint density at radius 3 is 1.83 bits per heavy atom. The molecule has 0 fully saturated rings. The molecular formula is C27H28N2O7. The molecule has 9 nitrogen and oxygen atoms in total.